The van der Waals surface area contributed by atoms with Crippen molar-refractivity contribution in [2.24, 2.45) is 29.6 Å². The predicted octanol–water partition coefficient (Wildman–Crippen LogP) is 7.71. The Bertz CT molecular complexity index is 638. The predicted molar refractivity (Wildman–Crippen MR) is 105 cm³/mol. The summed E-state index contributed by atoms with van der Waals surface area (Å²) < 4.78 is 41.1. The summed E-state index contributed by atoms with van der Waals surface area (Å²) in [7, 11) is 0. The molecule has 3 aliphatic carbocycles. The molecule has 156 valence electrons. The topological polar surface area (TPSA) is 9.23 Å². The van der Waals surface area contributed by atoms with Crippen LogP contribution in [0.4, 0.5) is 13.2 Å². The second-order valence-electron chi connectivity index (χ2n) is 9.52. The standard InChI is InChI=1S/C24H33F3O/c1-2-3-16-4-12-22-19(14-16)5-6-20-15-18(9-13-23(20)22)17-7-10-21(11-8-17)28-24(25,26)27/h7-8,10-11,16,18-20,22-23H,2-6,9,12-15H2,1H3. The van der Waals surface area contributed by atoms with Crippen LogP contribution >= 0.6 is 0 Å². The highest BCUT2D eigenvalue weighted by Gasteiger charge is 2.44. The molecular formula is C24H33F3O. The largest absolute Gasteiger partial charge is 0.573 e. The highest BCUT2D eigenvalue weighted by molar-refractivity contribution is 5.30. The molecule has 1 aromatic rings. The van der Waals surface area contributed by atoms with Gasteiger partial charge < -0.3 is 4.74 Å². The van der Waals surface area contributed by atoms with Crippen molar-refractivity contribution in [3.05, 3.63) is 29.8 Å². The van der Waals surface area contributed by atoms with Crippen molar-refractivity contribution in [1.29, 1.82) is 0 Å². The molecule has 1 nitrogen and oxygen atoms in total. The molecule has 4 rings (SSSR count). The maximum atomic E-state index is 12.4. The van der Waals surface area contributed by atoms with Gasteiger partial charge in [0.05, 0.1) is 0 Å². The van der Waals surface area contributed by atoms with Crippen molar-refractivity contribution in [2.45, 2.75) is 83.4 Å². The minimum Gasteiger partial charge on any atom is -0.406 e. The lowest BCUT2D eigenvalue weighted by atomic mass is 9.55. The maximum absolute atomic E-state index is 12.4. The van der Waals surface area contributed by atoms with Crippen LogP contribution in [0, 0.1) is 29.6 Å². The Kier molecular flexibility index (Phi) is 5.94. The first-order chi connectivity index (χ1) is 13.4. The Morgan fingerprint density at radius 1 is 0.857 bits per heavy atom. The second-order valence-corrected chi connectivity index (χ2v) is 9.52. The molecule has 3 saturated carbocycles. The summed E-state index contributed by atoms with van der Waals surface area (Å²) in [6.07, 6.45) is 8.90. The molecular weight excluding hydrogens is 361 g/mol. The SMILES string of the molecule is CCCC1CCC2C(CCC3CC(c4ccc(OC(F)(F)F)cc4)CCC32)C1. The minimum absolute atomic E-state index is 0.116. The van der Waals surface area contributed by atoms with Crippen molar-refractivity contribution in [2.75, 3.05) is 0 Å². The van der Waals surface area contributed by atoms with E-state index in [9.17, 15) is 13.2 Å². The van der Waals surface area contributed by atoms with Gasteiger partial charge in [-0.2, -0.15) is 0 Å². The number of rotatable bonds is 4. The molecule has 0 heterocycles. The third-order valence-electron chi connectivity index (χ3n) is 7.93. The van der Waals surface area contributed by atoms with Crippen molar-refractivity contribution in [1.82, 2.24) is 0 Å². The Morgan fingerprint density at radius 3 is 2.14 bits per heavy atom. The lowest BCUT2D eigenvalue weighted by molar-refractivity contribution is -0.274. The van der Waals surface area contributed by atoms with E-state index in [1.807, 2.05) is 12.1 Å². The van der Waals surface area contributed by atoms with Gasteiger partial charge in [-0.25, -0.2) is 0 Å². The first-order valence-electron chi connectivity index (χ1n) is 11.3. The van der Waals surface area contributed by atoms with Gasteiger partial charge in [-0.1, -0.05) is 38.3 Å². The van der Waals surface area contributed by atoms with E-state index in [0.717, 1.165) is 29.6 Å². The van der Waals surface area contributed by atoms with Gasteiger partial charge in [0, 0.05) is 0 Å². The second kappa shape index (κ2) is 8.28. The van der Waals surface area contributed by atoms with Gasteiger partial charge in [0.15, 0.2) is 0 Å². The van der Waals surface area contributed by atoms with E-state index in [1.165, 1.54) is 81.9 Å². The molecule has 0 saturated heterocycles. The molecule has 28 heavy (non-hydrogen) atoms. The molecule has 0 N–H and O–H groups in total. The average molecular weight is 395 g/mol. The van der Waals surface area contributed by atoms with E-state index in [0.29, 0.717) is 5.92 Å². The number of fused-ring (bicyclic) bond motifs is 3. The summed E-state index contributed by atoms with van der Waals surface area (Å²) in [5.41, 5.74) is 1.18. The van der Waals surface area contributed by atoms with E-state index in [1.54, 1.807) is 0 Å². The molecule has 3 fully saturated rings. The lowest BCUT2D eigenvalue weighted by Gasteiger charge is -2.51. The van der Waals surface area contributed by atoms with Crippen LogP contribution in [0.15, 0.2) is 24.3 Å². The van der Waals surface area contributed by atoms with Gasteiger partial charge in [0.2, 0.25) is 0 Å². The van der Waals surface area contributed by atoms with E-state index in [-0.39, 0.29) is 5.75 Å². The molecule has 0 amide bonds. The van der Waals surface area contributed by atoms with Crippen LogP contribution in [0.3, 0.4) is 0 Å². The number of hydrogen-bond acceptors (Lipinski definition) is 1. The zero-order valence-electron chi connectivity index (χ0n) is 16.9. The molecule has 0 bridgehead atoms. The maximum Gasteiger partial charge on any atom is 0.573 e. The average Bonchev–Trinajstić information content (AvgIpc) is 2.67. The quantitative estimate of drug-likeness (QED) is 0.508. The molecule has 6 unspecified atom stereocenters. The molecule has 3 aliphatic rings. The fourth-order valence-corrected chi connectivity index (χ4v) is 6.81. The first-order valence-corrected chi connectivity index (χ1v) is 11.3. The van der Waals surface area contributed by atoms with Crippen molar-refractivity contribution >= 4 is 0 Å². The number of ether oxygens (including phenoxy) is 1. The highest BCUT2D eigenvalue weighted by Crippen LogP contribution is 2.55. The van der Waals surface area contributed by atoms with E-state index in [4.69, 9.17) is 0 Å². The molecule has 0 aliphatic heterocycles. The molecule has 0 spiro atoms. The Hall–Kier alpha value is -1.19. The summed E-state index contributed by atoms with van der Waals surface area (Å²) >= 11 is 0. The monoisotopic (exact) mass is 394 g/mol. The number of halogens is 3. The molecule has 0 radical (unpaired) electrons. The summed E-state index contributed by atoms with van der Waals surface area (Å²) in [5.74, 6) is 4.96. The van der Waals surface area contributed by atoms with Crippen LogP contribution in [-0.4, -0.2) is 6.36 Å². The zero-order valence-corrected chi connectivity index (χ0v) is 16.9. The van der Waals surface area contributed by atoms with E-state index in [2.05, 4.69) is 11.7 Å². The zero-order chi connectivity index (χ0) is 19.7. The lowest BCUT2D eigenvalue weighted by Crippen LogP contribution is -2.41. The third-order valence-corrected chi connectivity index (χ3v) is 7.93. The van der Waals surface area contributed by atoms with E-state index >= 15 is 0 Å². The fourth-order valence-electron chi connectivity index (χ4n) is 6.81. The van der Waals surface area contributed by atoms with Gasteiger partial charge in [-0.3, -0.25) is 0 Å². The number of hydrogen-bond donors (Lipinski definition) is 0. The van der Waals surface area contributed by atoms with Crippen molar-refractivity contribution in [3.63, 3.8) is 0 Å². The van der Waals surface area contributed by atoms with Gasteiger partial charge >= 0.3 is 6.36 Å². The molecule has 0 aromatic heterocycles. The highest BCUT2D eigenvalue weighted by atomic mass is 19.4. The summed E-state index contributed by atoms with van der Waals surface area (Å²) in [5, 5.41) is 0. The number of alkyl halides is 3. The van der Waals surface area contributed by atoms with Gasteiger partial charge in [0.25, 0.3) is 0 Å². The van der Waals surface area contributed by atoms with Crippen molar-refractivity contribution in [3.8, 4) is 5.75 Å². The van der Waals surface area contributed by atoms with E-state index < -0.39 is 6.36 Å². The summed E-state index contributed by atoms with van der Waals surface area (Å²) in [6, 6.07) is 6.63. The molecule has 6 atom stereocenters. The normalized spacial score (nSPS) is 35.7. The van der Waals surface area contributed by atoms with Gasteiger partial charge in [-0.05, 0) is 98.1 Å². The van der Waals surface area contributed by atoms with Gasteiger partial charge in [-0.15, -0.1) is 13.2 Å². The van der Waals surface area contributed by atoms with Crippen molar-refractivity contribution < 1.29 is 17.9 Å². The van der Waals surface area contributed by atoms with Crippen LogP contribution in [0.2, 0.25) is 0 Å². The first kappa shape index (κ1) is 20.1. The third kappa shape index (κ3) is 4.52. The Balaban J connectivity index is 1.36. The Labute approximate surface area is 167 Å². The van der Waals surface area contributed by atoms with Crippen LogP contribution in [0.5, 0.6) is 5.75 Å². The minimum atomic E-state index is -4.62. The summed E-state index contributed by atoms with van der Waals surface area (Å²) in [4.78, 5) is 0. The van der Waals surface area contributed by atoms with Crippen LogP contribution in [0.25, 0.3) is 0 Å². The van der Waals surface area contributed by atoms with Crippen LogP contribution < -0.4 is 4.74 Å². The molecule has 4 heteroatoms. The smallest absolute Gasteiger partial charge is 0.406 e. The molecule has 1 aromatic carbocycles. The number of benzene rings is 1. The van der Waals surface area contributed by atoms with Crippen LogP contribution in [0.1, 0.15) is 82.6 Å². The van der Waals surface area contributed by atoms with Gasteiger partial charge in [0.1, 0.15) is 5.75 Å². The fraction of sp³-hybridized carbons (Fsp3) is 0.750. The van der Waals surface area contributed by atoms with Crippen LogP contribution in [-0.2, 0) is 0 Å². The summed E-state index contributed by atoms with van der Waals surface area (Å²) in [6.45, 7) is 2.31. The Morgan fingerprint density at radius 2 is 1.50 bits per heavy atom.